The topological polar surface area (TPSA) is 63.2 Å². The van der Waals surface area contributed by atoms with Gasteiger partial charge in [0.05, 0.1) is 6.26 Å². The average Bonchev–Trinajstić information content (AvgIpc) is 1.21. The number of hydrogen-bond donors (Lipinski definition) is 1. The van der Waals surface area contributed by atoms with Gasteiger partial charge >= 0.3 is 0 Å². The first-order valence-corrected chi connectivity index (χ1v) is 3.64. The number of rotatable bonds is 1. The zero-order valence-corrected chi connectivity index (χ0v) is 5.16. The van der Waals surface area contributed by atoms with Crippen LogP contribution in [0.3, 0.4) is 0 Å². The van der Waals surface area contributed by atoms with Crippen LogP contribution >= 0.6 is 0 Å². The van der Waals surface area contributed by atoms with Crippen LogP contribution in [0.5, 0.6) is 0 Å². The Morgan fingerprint density at radius 1 is 1.62 bits per heavy atom. The molecule has 0 heterocycles. The highest BCUT2D eigenvalue weighted by atomic mass is 32.2. The molecule has 8 heavy (non-hydrogen) atoms. The van der Waals surface area contributed by atoms with E-state index < -0.39 is 15.9 Å². The van der Waals surface area contributed by atoms with Crippen LogP contribution in [0.25, 0.3) is 0 Å². The van der Waals surface area contributed by atoms with E-state index >= 15 is 0 Å². The van der Waals surface area contributed by atoms with Gasteiger partial charge in [-0.3, -0.25) is 9.52 Å². The van der Waals surface area contributed by atoms with Gasteiger partial charge in [-0.2, -0.15) is 0 Å². The first kappa shape index (κ1) is 7.42. The smallest absolute Gasteiger partial charge is 0.233 e. The lowest BCUT2D eigenvalue weighted by Crippen LogP contribution is -2.26. The van der Waals surface area contributed by atoms with Crippen molar-refractivity contribution in [2.45, 2.75) is 0 Å². The molecule has 1 amide bonds. The van der Waals surface area contributed by atoms with Crippen molar-refractivity contribution < 1.29 is 13.2 Å². The predicted octanol–water partition coefficient (Wildman–Crippen LogP) is -1.10. The molecule has 0 fully saturated rings. The monoisotopic (exact) mass is 136 g/mol. The van der Waals surface area contributed by atoms with Crippen LogP contribution in [0.2, 0.25) is 0 Å². The molecule has 1 radical (unpaired) electrons. The van der Waals surface area contributed by atoms with Crippen LogP contribution in [0, 0.1) is 6.92 Å². The van der Waals surface area contributed by atoms with Crippen molar-refractivity contribution in [1.82, 2.24) is 4.72 Å². The zero-order chi connectivity index (χ0) is 6.78. The highest BCUT2D eigenvalue weighted by Gasteiger charge is 1.99. The maximum absolute atomic E-state index is 10.1. The van der Waals surface area contributed by atoms with Crippen molar-refractivity contribution in [3.05, 3.63) is 6.92 Å². The molecule has 0 unspecified atom stereocenters. The van der Waals surface area contributed by atoms with Crippen molar-refractivity contribution in [3.63, 3.8) is 0 Å². The van der Waals surface area contributed by atoms with Gasteiger partial charge in [0.1, 0.15) is 0 Å². The Morgan fingerprint density at radius 2 is 2.00 bits per heavy atom. The third-order valence-corrected chi connectivity index (χ3v) is 0.898. The number of carbonyl (C=O) groups is 1. The number of hydrogen-bond acceptors (Lipinski definition) is 3. The molecule has 5 heteroatoms. The van der Waals surface area contributed by atoms with Gasteiger partial charge in [-0.25, -0.2) is 8.42 Å². The van der Waals surface area contributed by atoms with Crippen LogP contribution in [0.4, 0.5) is 0 Å². The van der Waals surface area contributed by atoms with Crippen LogP contribution in [0.1, 0.15) is 0 Å². The Bertz CT molecular complexity index is 181. The van der Waals surface area contributed by atoms with Crippen LogP contribution in [0.15, 0.2) is 0 Å². The molecular formula is C3H6NO3S. The summed E-state index contributed by atoms with van der Waals surface area (Å²) in [4.78, 5) is 9.86. The lowest BCUT2D eigenvalue weighted by Gasteiger charge is -1.93. The minimum atomic E-state index is -3.39. The van der Waals surface area contributed by atoms with Crippen LogP contribution in [-0.2, 0) is 14.8 Å². The largest absolute Gasteiger partial charge is 0.274 e. The molecule has 0 rings (SSSR count). The van der Waals surface area contributed by atoms with Gasteiger partial charge in [0, 0.05) is 6.92 Å². The Hall–Kier alpha value is -0.580. The van der Waals surface area contributed by atoms with E-state index in [1.54, 1.807) is 4.72 Å². The number of nitrogens with one attached hydrogen (secondary N) is 1. The molecule has 1 N–H and O–H groups in total. The molecule has 0 aliphatic heterocycles. The van der Waals surface area contributed by atoms with Gasteiger partial charge < -0.3 is 0 Å². The van der Waals surface area contributed by atoms with Crippen LogP contribution in [-0.4, -0.2) is 20.6 Å². The van der Waals surface area contributed by atoms with Crippen molar-refractivity contribution in [2.75, 3.05) is 6.26 Å². The van der Waals surface area contributed by atoms with Crippen molar-refractivity contribution in [3.8, 4) is 0 Å². The highest BCUT2D eigenvalue weighted by molar-refractivity contribution is 7.89. The minimum absolute atomic E-state index is 0.812. The van der Waals surface area contributed by atoms with E-state index in [0.29, 0.717) is 0 Å². The molecule has 0 aromatic heterocycles. The van der Waals surface area contributed by atoms with E-state index in [2.05, 4.69) is 6.92 Å². The van der Waals surface area contributed by atoms with E-state index in [-0.39, 0.29) is 0 Å². The van der Waals surface area contributed by atoms with E-state index in [0.717, 1.165) is 6.26 Å². The van der Waals surface area contributed by atoms with Gasteiger partial charge in [-0.1, -0.05) is 0 Å². The third kappa shape index (κ3) is 5.42. The molecule has 0 aliphatic carbocycles. The van der Waals surface area contributed by atoms with Crippen molar-refractivity contribution in [1.29, 1.82) is 0 Å². The Balaban J connectivity index is 3.95. The number of carbonyl (C=O) groups excluding carboxylic acids is 1. The fourth-order valence-electron chi connectivity index (χ4n) is 0.207. The van der Waals surface area contributed by atoms with Crippen molar-refractivity contribution >= 4 is 15.9 Å². The van der Waals surface area contributed by atoms with Gasteiger partial charge in [-0.15, -0.1) is 0 Å². The van der Waals surface area contributed by atoms with Crippen molar-refractivity contribution in [2.24, 2.45) is 0 Å². The fraction of sp³-hybridized carbons (Fsp3) is 0.333. The Kier molecular flexibility index (Phi) is 1.97. The summed E-state index contributed by atoms with van der Waals surface area (Å²) >= 11 is 0. The predicted molar refractivity (Wildman–Crippen MR) is 28.3 cm³/mol. The Labute approximate surface area is 47.9 Å². The molecule has 0 aliphatic rings. The number of sulfonamides is 1. The average molecular weight is 136 g/mol. The molecule has 0 aromatic rings. The number of amides is 1. The van der Waals surface area contributed by atoms with E-state index in [1.165, 1.54) is 0 Å². The zero-order valence-electron chi connectivity index (χ0n) is 4.34. The summed E-state index contributed by atoms with van der Waals surface area (Å²) in [6.45, 7) is 2.79. The quantitative estimate of drug-likeness (QED) is 0.497. The summed E-state index contributed by atoms with van der Waals surface area (Å²) in [6.07, 6.45) is 0.885. The molecule has 4 nitrogen and oxygen atoms in total. The normalized spacial score (nSPS) is 10.8. The minimum Gasteiger partial charge on any atom is -0.274 e. The third-order valence-electron chi connectivity index (χ3n) is 0.299. The summed E-state index contributed by atoms with van der Waals surface area (Å²) in [6, 6.07) is 0. The van der Waals surface area contributed by atoms with E-state index in [9.17, 15) is 13.2 Å². The lowest BCUT2D eigenvalue weighted by atomic mass is 10.8. The first-order chi connectivity index (χ1) is 3.42. The highest BCUT2D eigenvalue weighted by Crippen LogP contribution is 1.70. The molecule has 0 aromatic carbocycles. The maximum atomic E-state index is 10.1. The molecule has 0 saturated carbocycles. The second-order valence-electron chi connectivity index (χ2n) is 1.30. The van der Waals surface area contributed by atoms with Gasteiger partial charge in [0.2, 0.25) is 15.9 Å². The molecule has 0 bridgehead atoms. The van der Waals surface area contributed by atoms with E-state index in [4.69, 9.17) is 0 Å². The van der Waals surface area contributed by atoms with Gasteiger partial charge in [0.25, 0.3) is 0 Å². The van der Waals surface area contributed by atoms with Gasteiger partial charge in [0.15, 0.2) is 0 Å². The second-order valence-corrected chi connectivity index (χ2v) is 3.05. The SMILES string of the molecule is [CH2]C(=O)NS(C)(=O)=O. The second kappa shape index (κ2) is 2.13. The van der Waals surface area contributed by atoms with E-state index in [1.807, 2.05) is 0 Å². The first-order valence-electron chi connectivity index (χ1n) is 1.75. The van der Waals surface area contributed by atoms with Gasteiger partial charge in [-0.05, 0) is 0 Å². The molecular weight excluding hydrogens is 130 g/mol. The standard InChI is InChI=1S/C3H6NO3S/c1-3(5)4-8(2,6)7/h1H2,2H3,(H,4,5). The Morgan fingerprint density at radius 3 is 2.00 bits per heavy atom. The summed E-state index contributed by atoms with van der Waals surface area (Å²) in [5, 5.41) is 0. The maximum Gasteiger partial charge on any atom is 0.233 e. The molecule has 0 saturated heterocycles. The molecule has 0 atom stereocenters. The summed E-state index contributed by atoms with van der Waals surface area (Å²) in [7, 11) is -3.39. The lowest BCUT2D eigenvalue weighted by molar-refractivity contribution is -0.115. The molecule has 0 spiro atoms. The van der Waals surface area contributed by atoms with Crippen LogP contribution < -0.4 is 4.72 Å². The fourth-order valence-corrected chi connectivity index (χ4v) is 0.620. The molecule has 47 valence electrons. The summed E-state index contributed by atoms with van der Waals surface area (Å²) in [5.74, 6) is -0.812. The summed E-state index contributed by atoms with van der Waals surface area (Å²) in [5.41, 5.74) is 0. The summed E-state index contributed by atoms with van der Waals surface area (Å²) < 4.78 is 21.7.